The number of primary amides is 1. The van der Waals surface area contributed by atoms with Crippen molar-refractivity contribution < 1.29 is 19.4 Å². The number of hydrogen-bond donors (Lipinski definition) is 2. The van der Waals surface area contributed by atoms with Gasteiger partial charge in [0.2, 0.25) is 5.91 Å². The highest BCUT2D eigenvalue weighted by atomic mass is 16.5. The van der Waals surface area contributed by atoms with Crippen molar-refractivity contribution in [3.05, 3.63) is 23.8 Å². The van der Waals surface area contributed by atoms with Crippen LogP contribution in [-0.2, 0) is 11.4 Å². The molecule has 0 saturated heterocycles. The van der Waals surface area contributed by atoms with E-state index in [0.29, 0.717) is 17.1 Å². The maximum atomic E-state index is 10.9. The summed E-state index contributed by atoms with van der Waals surface area (Å²) in [6.45, 7) is 1.79. The van der Waals surface area contributed by atoms with Crippen molar-refractivity contribution in [1.29, 1.82) is 0 Å². The van der Waals surface area contributed by atoms with Crippen LogP contribution in [0.4, 0.5) is 0 Å². The lowest BCUT2D eigenvalue weighted by Gasteiger charge is -2.13. The van der Waals surface area contributed by atoms with Crippen LogP contribution < -0.4 is 15.2 Å². The molecule has 0 aliphatic rings. The lowest BCUT2D eigenvalue weighted by Crippen LogP contribution is -2.25. The van der Waals surface area contributed by atoms with E-state index in [0.717, 1.165) is 0 Å². The van der Waals surface area contributed by atoms with E-state index in [1.807, 2.05) is 0 Å². The number of aliphatic hydroxyl groups is 1. The van der Waals surface area contributed by atoms with Gasteiger partial charge in [0, 0.05) is 0 Å². The van der Waals surface area contributed by atoms with E-state index in [4.69, 9.17) is 20.3 Å². The lowest BCUT2D eigenvalue weighted by molar-refractivity contribution is -0.122. The number of carbonyl (C=O) groups excluding carboxylic acids is 1. The minimum atomic E-state index is -0.415. The van der Waals surface area contributed by atoms with Crippen LogP contribution in [0.25, 0.3) is 0 Å². The molecule has 0 aliphatic heterocycles. The van der Waals surface area contributed by atoms with Gasteiger partial charge < -0.3 is 20.3 Å². The Morgan fingerprint density at radius 2 is 2.18 bits per heavy atom. The molecular weight excluding hydrogens is 222 g/mol. The number of rotatable bonds is 6. The molecule has 5 heteroatoms. The molecule has 0 bridgehead atoms. The van der Waals surface area contributed by atoms with E-state index in [1.165, 1.54) is 7.11 Å². The van der Waals surface area contributed by atoms with Crippen molar-refractivity contribution in [1.82, 2.24) is 0 Å². The number of methoxy groups -OCH3 is 1. The molecule has 0 spiro atoms. The molecule has 94 valence electrons. The van der Waals surface area contributed by atoms with Crippen molar-refractivity contribution in [2.75, 3.05) is 13.7 Å². The van der Waals surface area contributed by atoms with Crippen LogP contribution >= 0.6 is 0 Å². The topological polar surface area (TPSA) is 81.8 Å². The maximum absolute atomic E-state index is 10.9. The first kappa shape index (κ1) is 13.3. The third-order valence-corrected chi connectivity index (χ3v) is 2.39. The average Bonchev–Trinajstić information content (AvgIpc) is 2.35. The molecule has 17 heavy (non-hydrogen) atoms. The molecule has 1 unspecified atom stereocenters. The van der Waals surface area contributed by atoms with E-state index in [1.54, 1.807) is 25.1 Å². The summed E-state index contributed by atoms with van der Waals surface area (Å²) in [5.41, 5.74) is 5.85. The Bertz CT molecular complexity index is 392. The van der Waals surface area contributed by atoms with Crippen molar-refractivity contribution >= 4 is 5.91 Å². The molecule has 0 heterocycles. The van der Waals surface area contributed by atoms with Crippen molar-refractivity contribution in [2.24, 2.45) is 11.7 Å². The quantitative estimate of drug-likeness (QED) is 0.765. The Balaban J connectivity index is 2.77. The highest BCUT2D eigenvalue weighted by molar-refractivity contribution is 5.76. The van der Waals surface area contributed by atoms with Crippen LogP contribution in [0.15, 0.2) is 18.2 Å². The molecule has 0 radical (unpaired) electrons. The predicted molar refractivity (Wildman–Crippen MR) is 62.8 cm³/mol. The first-order valence-corrected chi connectivity index (χ1v) is 5.28. The van der Waals surface area contributed by atoms with E-state index >= 15 is 0 Å². The smallest absolute Gasteiger partial charge is 0.223 e. The Morgan fingerprint density at radius 3 is 2.71 bits per heavy atom. The summed E-state index contributed by atoms with van der Waals surface area (Å²) in [6, 6.07) is 5.12. The predicted octanol–water partition coefficient (Wildman–Crippen LogP) is 0.688. The lowest BCUT2D eigenvalue weighted by atomic mass is 10.2. The number of amides is 1. The second kappa shape index (κ2) is 6.10. The molecule has 0 aromatic heterocycles. The molecule has 1 aromatic carbocycles. The average molecular weight is 239 g/mol. The monoisotopic (exact) mass is 239 g/mol. The third-order valence-electron chi connectivity index (χ3n) is 2.39. The maximum Gasteiger partial charge on any atom is 0.223 e. The molecule has 1 amide bonds. The summed E-state index contributed by atoms with van der Waals surface area (Å²) in [5.74, 6) is 0.255. The van der Waals surface area contributed by atoms with Crippen molar-refractivity contribution in [2.45, 2.75) is 13.5 Å². The SMILES string of the molecule is COc1ccc(CO)cc1OCC(C)C(N)=O. The van der Waals surface area contributed by atoms with Gasteiger partial charge >= 0.3 is 0 Å². The van der Waals surface area contributed by atoms with Gasteiger partial charge in [0.15, 0.2) is 11.5 Å². The van der Waals surface area contributed by atoms with E-state index in [-0.39, 0.29) is 19.1 Å². The molecule has 3 N–H and O–H groups in total. The Kier molecular flexibility index (Phi) is 4.78. The molecule has 1 aromatic rings. The number of benzene rings is 1. The number of nitrogens with two attached hydrogens (primary N) is 1. The standard InChI is InChI=1S/C12H17NO4/c1-8(12(13)15)7-17-11-5-9(6-14)3-4-10(11)16-2/h3-5,8,14H,6-7H2,1-2H3,(H2,13,15). The van der Waals surface area contributed by atoms with Gasteiger partial charge in [0.25, 0.3) is 0 Å². The first-order chi connectivity index (χ1) is 8.08. The molecular formula is C12H17NO4. The fraction of sp³-hybridized carbons (Fsp3) is 0.417. The zero-order chi connectivity index (χ0) is 12.8. The fourth-order valence-corrected chi connectivity index (χ4v) is 1.23. The Hall–Kier alpha value is -1.75. The van der Waals surface area contributed by atoms with Gasteiger partial charge in [-0.25, -0.2) is 0 Å². The summed E-state index contributed by atoms with van der Waals surface area (Å²) < 4.78 is 10.6. The number of ether oxygens (including phenoxy) is 2. The second-order valence-electron chi connectivity index (χ2n) is 3.76. The molecule has 1 rings (SSSR count). The number of hydrogen-bond acceptors (Lipinski definition) is 4. The molecule has 5 nitrogen and oxygen atoms in total. The highest BCUT2D eigenvalue weighted by Crippen LogP contribution is 2.28. The minimum Gasteiger partial charge on any atom is -0.493 e. The van der Waals surface area contributed by atoms with Gasteiger partial charge in [-0.2, -0.15) is 0 Å². The van der Waals surface area contributed by atoms with Gasteiger partial charge in [0.05, 0.1) is 26.2 Å². The van der Waals surface area contributed by atoms with Gasteiger partial charge in [-0.3, -0.25) is 4.79 Å². The van der Waals surface area contributed by atoms with Crippen LogP contribution in [0.2, 0.25) is 0 Å². The van der Waals surface area contributed by atoms with E-state index in [9.17, 15) is 4.79 Å². The summed E-state index contributed by atoms with van der Waals surface area (Å²) >= 11 is 0. The molecule has 1 atom stereocenters. The van der Waals surface area contributed by atoms with Crippen LogP contribution in [-0.4, -0.2) is 24.7 Å². The van der Waals surface area contributed by atoms with Crippen LogP contribution in [0.3, 0.4) is 0 Å². The highest BCUT2D eigenvalue weighted by Gasteiger charge is 2.12. The Labute approximate surface area is 100 Å². The van der Waals surface area contributed by atoms with Gasteiger partial charge in [-0.1, -0.05) is 13.0 Å². The summed E-state index contributed by atoms with van der Waals surface area (Å²) in [6.07, 6.45) is 0. The minimum absolute atomic E-state index is 0.0777. The number of carbonyl (C=O) groups is 1. The molecule has 0 saturated carbocycles. The van der Waals surface area contributed by atoms with E-state index < -0.39 is 5.91 Å². The van der Waals surface area contributed by atoms with Gasteiger partial charge in [0.1, 0.15) is 0 Å². The zero-order valence-corrected chi connectivity index (χ0v) is 9.97. The normalized spacial score (nSPS) is 11.9. The van der Waals surface area contributed by atoms with Gasteiger partial charge in [-0.15, -0.1) is 0 Å². The van der Waals surface area contributed by atoms with Crippen LogP contribution in [0.1, 0.15) is 12.5 Å². The van der Waals surface area contributed by atoms with Crippen molar-refractivity contribution in [3.8, 4) is 11.5 Å². The fourth-order valence-electron chi connectivity index (χ4n) is 1.23. The first-order valence-electron chi connectivity index (χ1n) is 5.28. The summed E-state index contributed by atoms with van der Waals surface area (Å²) in [4.78, 5) is 10.9. The zero-order valence-electron chi connectivity index (χ0n) is 9.97. The summed E-state index contributed by atoms with van der Waals surface area (Å²) in [7, 11) is 1.53. The Morgan fingerprint density at radius 1 is 1.47 bits per heavy atom. The van der Waals surface area contributed by atoms with Crippen molar-refractivity contribution in [3.63, 3.8) is 0 Å². The van der Waals surface area contributed by atoms with Gasteiger partial charge in [-0.05, 0) is 17.7 Å². The molecule has 0 aliphatic carbocycles. The molecule has 0 fully saturated rings. The largest absolute Gasteiger partial charge is 0.493 e. The summed E-state index contributed by atoms with van der Waals surface area (Å²) in [5, 5.41) is 9.02. The second-order valence-corrected chi connectivity index (χ2v) is 3.76. The van der Waals surface area contributed by atoms with E-state index in [2.05, 4.69) is 0 Å². The van der Waals surface area contributed by atoms with Crippen LogP contribution in [0.5, 0.6) is 11.5 Å². The third kappa shape index (κ3) is 3.64. The van der Waals surface area contributed by atoms with Crippen LogP contribution in [0, 0.1) is 5.92 Å². The number of aliphatic hydroxyl groups excluding tert-OH is 1.